The molecule has 0 saturated heterocycles. The summed E-state index contributed by atoms with van der Waals surface area (Å²) in [5.74, 6) is -0.538. The molecule has 0 atom stereocenters. The van der Waals surface area contributed by atoms with E-state index in [9.17, 15) is 9.18 Å². The van der Waals surface area contributed by atoms with Crippen molar-refractivity contribution in [1.82, 2.24) is 4.98 Å². The number of hydrogen-bond donors (Lipinski definition) is 2. The fraction of sp³-hybridized carbons (Fsp3) is 0. The van der Waals surface area contributed by atoms with Gasteiger partial charge in [-0.25, -0.2) is 4.39 Å². The van der Waals surface area contributed by atoms with E-state index in [0.29, 0.717) is 21.5 Å². The van der Waals surface area contributed by atoms with Gasteiger partial charge in [0.15, 0.2) is 0 Å². The summed E-state index contributed by atoms with van der Waals surface area (Å²) < 4.78 is 13.9. The lowest BCUT2D eigenvalue weighted by Gasteiger charge is -2.12. The molecule has 0 amide bonds. The highest BCUT2D eigenvalue weighted by Crippen LogP contribution is 2.38. The van der Waals surface area contributed by atoms with Gasteiger partial charge in [-0.2, -0.15) is 0 Å². The lowest BCUT2D eigenvalue weighted by Crippen LogP contribution is -2.14. The Labute approximate surface area is 129 Å². The smallest absolute Gasteiger partial charge is 0.272 e. The van der Waals surface area contributed by atoms with Crippen LogP contribution in [0, 0.1) is 5.82 Å². The largest absolute Gasteiger partial charge is 0.394 e. The SMILES string of the molecule is Nc1c(-c2cccc(Cl)c2Cl)c2cccc(F)c2[nH]c1=O. The molecule has 0 fully saturated rings. The first kappa shape index (κ1) is 13.9. The number of benzene rings is 2. The molecule has 1 heterocycles. The summed E-state index contributed by atoms with van der Waals surface area (Å²) in [5, 5.41) is 1.07. The lowest BCUT2D eigenvalue weighted by atomic mass is 9.99. The average molecular weight is 323 g/mol. The van der Waals surface area contributed by atoms with E-state index in [1.807, 2.05) is 0 Å². The Hall–Kier alpha value is -2.04. The Bertz CT molecular complexity index is 921. The first-order chi connectivity index (χ1) is 10.0. The highest BCUT2D eigenvalue weighted by Gasteiger charge is 2.17. The summed E-state index contributed by atoms with van der Waals surface area (Å²) in [6.45, 7) is 0. The average Bonchev–Trinajstić information content (AvgIpc) is 2.45. The Morgan fingerprint density at radius 2 is 1.81 bits per heavy atom. The zero-order valence-electron chi connectivity index (χ0n) is 10.6. The number of fused-ring (bicyclic) bond motifs is 1. The second kappa shape index (κ2) is 5.06. The zero-order chi connectivity index (χ0) is 15.1. The van der Waals surface area contributed by atoms with E-state index in [1.165, 1.54) is 12.1 Å². The van der Waals surface area contributed by atoms with Crippen LogP contribution in [0.15, 0.2) is 41.2 Å². The molecule has 1 aromatic heterocycles. The van der Waals surface area contributed by atoms with Gasteiger partial charge in [0, 0.05) is 16.5 Å². The summed E-state index contributed by atoms with van der Waals surface area (Å²) in [6, 6.07) is 9.46. The highest BCUT2D eigenvalue weighted by molar-refractivity contribution is 6.44. The van der Waals surface area contributed by atoms with Gasteiger partial charge >= 0.3 is 0 Å². The molecule has 21 heavy (non-hydrogen) atoms. The number of aromatic amines is 1. The standard InChI is InChI=1S/C15H9Cl2FN2O/c16-9-5-1-3-7(12(9)17)11-8-4-2-6-10(18)14(8)20-15(21)13(11)19/h1-6H,19H2,(H,20,21). The monoisotopic (exact) mass is 322 g/mol. The van der Waals surface area contributed by atoms with Crippen LogP contribution in [0.25, 0.3) is 22.0 Å². The van der Waals surface area contributed by atoms with Gasteiger partial charge < -0.3 is 10.7 Å². The van der Waals surface area contributed by atoms with E-state index >= 15 is 0 Å². The molecule has 0 spiro atoms. The maximum atomic E-state index is 13.9. The van der Waals surface area contributed by atoms with Gasteiger partial charge in [-0.05, 0) is 12.1 Å². The van der Waals surface area contributed by atoms with Crippen LogP contribution in [0.1, 0.15) is 0 Å². The summed E-state index contributed by atoms with van der Waals surface area (Å²) >= 11 is 12.2. The van der Waals surface area contributed by atoms with E-state index in [-0.39, 0.29) is 16.2 Å². The molecule has 3 N–H and O–H groups in total. The van der Waals surface area contributed by atoms with Crippen LogP contribution in [0.3, 0.4) is 0 Å². The molecule has 0 radical (unpaired) electrons. The lowest BCUT2D eigenvalue weighted by molar-refractivity contribution is 0.636. The van der Waals surface area contributed by atoms with E-state index in [1.54, 1.807) is 24.3 Å². The van der Waals surface area contributed by atoms with Crippen LogP contribution >= 0.6 is 23.2 Å². The fourth-order valence-electron chi connectivity index (χ4n) is 2.29. The van der Waals surface area contributed by atoms with Crippen molar-refractivity contribution in [2.24, 2.45) is 0 Å². The fourth-order valence-corrected chi connectivity index (χ4v) is 2.68. The second-order valence-electron chi connectivity index (χ2n) is 4.51. The third kappa shape index (κ3) is 2.17. The molecular formula is C15H9Cl2FN2O. The number of para-hydroxylation sites is 1. The molecule has 0 bridgehead atoms. The van der Waals surface area contributed by atoms with Crippen molar-refractivity contribution >= 4 is 39.8 Å². The first-order valence-corrected chi connectivity index (χ1v) is 6.80. The van der Waals surface area contributed by atoms with Crippen LogP contribution in [0.5, 0.6) is 0 Å². The normalized spacial score (nSPS) is 11.0. The van der Waals surface area contributed by atoms with Gasteiger partial charge in [0.05, 0.1) is 15.6 Å². The van der Waals surface area contributed by atoms with E-state index in [4.69, 9.17) is 28.9 Å². The van der Waals surface area contributed by atoms with E-state index < -0.39 is 11.4 Å². The quantitative estimate of drug-likeness (QED) is 0.704. The molecule has 6 heteroatoms. The number of H-pyrrole nitrogens is 1. The van der Waals surface area contributed by atoms with Gasteiger partial charge in [0.1, 0.15) is 11.5 Å². The molecule has 0 aliphatic carbocycles. The highest BCUT2D eigenvalue weighted by atomic mass is 35.5. The summed E-state index contributed by atoms with van der Waals surface area (Å²) in [6.07, 6.45) is 0. The Balaban J connectivity index is 2.53. The number of anilines is 1. The molecule has 3 rings (SSSR count). The van der Waals surface area contributed by atoms with E-state index in [2.05, 4.69) is 4.98 Å². The summed E-state index contributed by atoms with van der Waals surface area (Å²) in [5.41, 5.74) is 6.23. The molecule has 3 aromatic rings. The minimum Gasteiger partial charge on any atom is -0.394 e. The van der Waals surface area contributed by atoms with Crippen molar-refractivity contribution < 1.29 is 4.39 Å². The third-order valence-electron chi connectivity index (χ3n) is 3.26. The summed E-state index contributed by atoms with van der Waals surface area (Å²) in [4.78, 5) is 14.4. The van der Waals surface area contributed by atoms with Gasteiger partial charge in [-0.3, -0.25) is 4.79 Å². The van der Waals surface area contributed by atoms with Crippen molar-refractivity contribution in [2.45, 2.75) is 0 Å². The zero-order valence-corrected chi connectivity index (χ0v) is 12.1. The molecule has 2 aromatic carbocycles. The molecule has 0 aliphatic heterocycles. The maximum absolute atomic E-state index is 13.9. The molecule has 106 valence electrons. The molecule has 3 nitrogen and oxygen atoms in total. The van der Waals surface area contributed by atoms with Crippen molar-refractivity contribution in [2.75, 3.05) is 5.73 Å². The van der Waals surface area contributed by atoms with E-state index in [0.717, 1.165) is 0 Å². The Morgan fingerprint density at radius 3 is 2.57 bits per heavy atom. The van der Waals surface area contributed by atoms with Crippen LogP contribution in [-0.4, -0.2) is 4.98 Å². The maximum Gasteiger partial charge on any atom is 0.272 e. The number of aromatic nitrogens is 1. The second-order valence-corrected chi connectivity index (χ2v) is 5.29. The molecular weight excluding hydrogens is 314 g/mol. The van der Waals surface area contributed by atoms with Crippen molar-refractivity contribution in [1.29, 1.82) is 0 Å². The topological polar surface area (TPSA) is 58.9 Å². The Morgan fingerprint density at radius 1 is 1.10 bits per heavy atom. The van der Waals surface area contributed by atoms with Gasteiger partial charge in [0.25, 0.3) is 5.56 Å². The number of pyridine rings is 1. The summed E-state index contributed by atoms with van der Waals surface area (Å²) in [7, 11) is 0. The minimum atomic E-state index is -0.571. The number of hydrogen-bond acceptors (Lipinski definition) is 2. The predicted molar refractivity (Wildman–Crippen MR) is 84.4 cm³/mol. The molecule has 0 aliphatic rings. The Kier molecular flexibility index (Phi) is 3.35. The number of halogens is 3. The molecule has 0 saturated carbocycles. The van der Waals surface area contributed by atoms with Crippen LogP contribution in [0.4, 0.5) is 10.1 Å². The number of nitrogens with one attached hydrogen (secondary N) is 1. The predicted octanol–water partition coefficient (Wildman–Crippen LogP) is 4.22. The number of nitrogens with two attached hydrogens (primary N) is 1. The van der Waals surface area contributed by atoms with Gasteiger partial charge in [-0.1, -0.05) is 47.5 Å². The van der Waals surface area contributed by atoms with Crippen molar-refractivity contribution in [3.05, 3.63) is 62.6 Å². The third-order valence-corrected chi connectivity index (χ3v) is 4.08. The van der Waals surface area contributed by atoms with Crippen molar-refractivity contribution in [3.8, 4) is 11.1 Å². The number of nitrogen functional groups attached to an aromatic ring is 1. The number of rotatable bonds is 1. The van der Waals surface area contributed by atoms with Crippen LogP contribution in [-0.2, 0) is 0 Å². The van der Waals surface area contributed by atoms with Crippen LogP contribution < -0.4 is 11.3 Å². The van der Waals surface area contributed by atoms with Crippen molar-refractivity contribution in [3.63, 3.8) is 0 Å². The minimum absolute atomic E-state index is 0.0303. The van der Waals surface area contributed by atoms with Gasteiger partial charge in [-0.15, -0.1) is 0 Å². The molecule has 0 unspecified atom stereocenters. The van der Waals surface area contributed by atoms with Gasteiger partial charge in [0.2, 0.25) is 0 Å². The van der Waals surface area contributed by atoms with Crippen LogP contribution in [0.2, 0.25) is 10.0 Å². The first-order valence-electron chi connectivity index (χ1n) is 6.05.